The topological polar surface area (TPSA) is 104 Å². The van der Waals surface area contributed by atoms with E-state index in [2.05, 4.69) is 9.82 Å². The van der Waals surface area contributed by atoms with E-state index in [1.807, 2.05) is 11.5 Å². The van der Waals surface area contributed by atoms with E-state index in [0.29, 0.717) is 17.1 Å². The van der Waals surface area contributed by atoms with Gasteiger partial charge >= 0.3 is 12.3 Å². The Labute approximate surface area is 115 Å². The minimum Gasteiger partial charge on any atom is -0.397 e. The predicted molar refractivity (Wildman–Crippen MR) is 72.5 cm³/mol. The molecule has 0 saturated carbocycles. The predicted octanol–water partition coefficient (Wildman–Crippen LogP) is 1.92. The van der Waals surface area contributed by atoms with Crippen LogP contribution in [0.4, 0.5) is 21.9 Å². The number of para-hydroxylation sites is 1. The van der Waals surface area contributed by atoms with Gasteiger partial charge in [0.25, 0.3) is 0 Å². The summed E-state index contributed by atoms with van der Waals surface area (Å²) in [5, 5.41) is 8.34. The second kappa shape index (κ2) is 6.06. The first-order valence-electron chi connectivity index (χ1n) is 5.63. The monoisotopic (exact) mass is 269 g/mol. The summed E-state index contributed by atoms with van der Waals surface area (Å²) in [6.45, 7) is 0. The number of rotatable bonds is 3. The Hall–Kier alpha value is -3.27. The molecule has 0 aliphatic heterocycles. The van der Waals surface area contributed by atoms with Crippen molar-refractivity contribution in [1.29, 1.82) is 5.26 Å². The highest BCUT2D eigenvalue weighted by Gasteiger charge is 2.18. The number of amides is 2. The van der Waals surface area contributed by atoms with Gasteiger partial charge in [0.2, 0.25) is 0 Å². The molecule has 0 aliphatic rings. The van der Waals surface area contributed by atoms with Crippen molar-refractivity contribution in [2.75, 3.05) is 10.6 Å². The van der Waals surface area contributed by atoms with Gasteiger partial charge < -0.3 is 5.73 Å². The number of benzene rings is 1. The lowest BCUT2D eigenvalue weighted by Crippen LogP contribution is -2.36. The van der Waals surface area contributed by atoms with Crippen LogP contribution in [0.5, 0.6) is 0 Å². The summed E-state index contributed by atoms with van der Waals surface area (Å²) in [6, 6.07) is 9.80. The third kappa shape index (κ3) is 2.94. The van der Waals surface area contributed by atoms with Crippen molar-refractivity contribution in [3.63, 3.8) is 0 Å². The van der Waals surface area contributed by atoms with Crippen LogP contribution in [0.25, 0.3) is 0 Å². The van der Waals surface area contributed by atoms with E-state index in [9.17, 15) is 4.79 Å². The van der Waals surface area contributed by atoms with Crippen LogP contribution in [0.15, 0.2) is 48.8 Å². The molecule has 0 bridgehead atoms. The smallest absolute Gasteiger partial charge is 0.360 e. The Bertz CT molecular complexity index is 639. The average molecular weight is 269 g/mol. The minimum atomic E-state index is -0.634. The van der Waals surface area contributed by atoms with Crippen LogP contribution in [-0.2, 0) is 4.84 Å². The number of nitrogen functional groups attached to an aromatic ring is 1. The number of anilines is 3. The summed E-state index contributed by atoms with van der Waals surface area (Å²) >= 11 is 0. The number of urea groups is 1. The number of carbonyl (C=O) groups is 1. The summed E-state index contributed by atoms with van der Waals surface area (Å²) < 4.78 is 0. The van der Waals surface area contributed by atoms with Gasteiger partial charge in [-0.15, -0.1) is 5.26 Å². The fraction of sp³-hybridized carbons (Fsp3) is 0. The Morgan fingerprint density at radius 2 is 2.05 bits per heavy atom. The second-order valence-corrected chi connectivity index (χ2v) is 3.75. The van der Waals surface area contributed by atoms with Crippen molar-refractivity contribution in [3.8, 4) is 6.26 Å². The molecule has 1 heterocycles. The van der Waals surface area contributed by atoms with Gasteiger partial charge in [0, 0.05) is 6.20 Å². The normalized spacial score (nSPS) is 9.35. The van der Waals surface area contributed by atoms with Crippen LogP contribution >= 0.6 is 0 Å². The van der Waals surface area contributed by atoms with E-state index < -0.39 is 6.03 Å². The van der Waals surface area contributed by atoms with Gasteiger partial charge in [0.15, 0.2) is 0 Å². The van der Waals surface area contributed by atoms with Crippen LogP contribution < -0.4 is 16.1 Å². The van der Waals surface area contributed by atoms with Crippen LogP contribution in [-0.4, -0.2) is 11.0 Å². The number of pyridine rings is 1. The first-order chi connectivity index (χ1) is 9.72. The molecule has 1 aromatic heterocycles. The van der Waals surface area contributed by atoms with Crippen molar-refractivity contribution in [1.82, 2.24) is 10.5 Å². The molecule has 7 heteroatoms. The number of nitrogens with two attached hydrogens (primary N) is 1. The zero-order chi connectivity index (χ0) is 14.4. The molecule has 3 N–H and O–H groups in total. The molecule has 0 aliphatic carbocycles. The summed E-state index contributed by atoms with van der Waals surface area (Å²) in [5.41, 5.74) is 9.13. The molecule has 0 atom stereocenters. The molecular formula is C13H11N5O2. The van der Waals surface area contributed by atoms with Crippen molar-refractivity contribution < 1.29 is 9.63 Å². The van der Waals surface area contributed by atoms with Gasteiger partial charge in [-0.3, -0.25) is 14.7 Å². The van der Waals surface area contributed by atoms with Crippen LogP contribution in [0.1, 0.15) is 0 Å². The summed E-state index contributed by atoms with van der Waals surface area (Å²) in [7, 11) is 0. The minimum absolute atomic E-state index is 0.414. The molecule has 2 aromatic rings. The number of nitriles is 1. The van der Waals surface area contributed by atoms with Gasteiger partial charge in [-0.1, -0.05) is 18.2 Å². The van der Waals surface area contributed by atoms with Crippen molar-refractivity contribution in [2.24, 2.45) is 0 Å². The molecule has 20 heavy (non-hydrogen) atoms. The maximum atomic E-state index is 12.1. The molecule has 2 amide bonds. The number of hydrogen-bond donors (Lipinski definition) is 2. The van der Waals surface area contributed by atoms with Gasteiger partial charge in [-0.25, -0.2) is 4.79 Å². The van der Waals surface area contributed by atoms with Crippen molar-refractivity contribution in [3.05, 3.63) is 48.8 Å². The fourth-order valence-electron chi connectivity index (χ4n) is 1.64. The zero-order valence-corrected chi connectivity index (χ0v) is 10.4. The largest absolute Gasteiger partial charge is 0.397 e. The first-order valence-corrected chi connectivity index (χ1v) is 5.63. The molecule has 0 unspecified atom stereocenters. The number of aromatic nitrogens is 1. The lowest BCUT2D eigenvalue weighted by molar-refractivity contribution is 0.159. The number of hydroxylamine groups is 1. The summed E-state index contributed by atoms with van der Waals surface area (Å²) in [4.78, 5) is 21.6. The fourth-order valence-corrected chi connectivity index (χ4v) is 1.64. The van der Waals surface area contributed by atoms with E-state index in [-0.39, 0.29) is 0 Å². The molecule has 0 fully saturated rings. The Morgan fingerprint density at radius 3 is 2.70 bits per heavy atom. The van der Waals surface area contributed by atoms with Gasteiger partial charge in [0.1, 0.15) is 0 Å². The van der Waals surface area contributed by atoms with E-state index in [1.165, 1.54) is 23.5 Å². The van der Waals surface area contributed by atoms with Crippen LogP contribution in [0.3, 0.4) is 0 Å². The van der Waals surface area contributed by atoms with Crippen molar-refractivity contribution in [2.45, 2.75) is 0 Å². The lowest BCUT2D eigenvalue weighted by atomic mass is 10.2. The highest BCUT2D eigenvalue weighted by Crippen LogP contribution is 2.25. The third-order valence-electron chi connectivity index (χ3n) is 2.40. The van der Waals surface area contributed by atoms with E-state index in [4.69, 9.17) is 11.0 Å². The molecular weight excluding hydrogens is 258 g/mol. The van der Waals surface area contributed by atoms with Gasteiger partial charge in [-0.2, -0.15) is 5.48 Å². The zero-order valence-electron chi connectivity index (χ0n) is 10.4. The number of nitrogens with zero attached hydrogens (tertiary/aromatic N) is 3. The number of hydrogen-bond acceptors (Lipinski definition) is 5. The Morgan fingerprint density at radius 1 is 1.30 bits per heavy atom. The third-order valence-corrected chi connectivity index (χ3v) is 2.40. The summed E-state index contributed by atoms with van der Waals surface area (Å²) in [5.74, 6) is 0. The summed E-state index contributed by atoms with van der Waals surface area (Å²) in [6.07, 6.45) is 4.32. The number of nitrogens with one attached hydrogen (secondary N) is 1. The quantitative estimate of drug-likeness (QED) is 0.654. The number of carbonyl (C=O) groups excluding carboxylic acids is 1. The Balaban J connectivity index is 2.39. The van der Waals surface area contributed by atoms with E-state index in [1.54, 1.807) is 30.3 Å². The lowest BCUT2D eigenvalue weighted by Gasteiger charge is -2.21. The van der Waals surface area contributed by atoms with Gasteiger partial charge in [-0.05, 0) is 18.2 Å². The average Bonchev–Trinajstić information content (AvgIpc) is 2.46. The van der Waals surface area contributed by atoms with Crippen LogP contribution in [0.2, 0.25) is 0 Å². The molecule has 2 rings (SSSR count). The SMILES string of the molecule is N#CONC(=O)N(c1ccccc1)c1cncc(N)c1. The second-order valence-electron chi connectivity index (χ2n) is 3.75. The Kier molecular flexibility index (Phi) is 3.99. The molecule has 0 spiro atoms. The molecule has 0 radical (unpaired) electrons. The van der Waals surface area contributed by atoms with Gasteiger partial charge in [0.05, 0.1) is 23.3 Å². The highest BCUT2D eigenvalue weighted by atomic mass is 16.6. The van der Waals surface area contributed by atoms with Crippen LogP contribution in [0, 0.1) is 11.5 Å². The molecule has 7 nitrogen and oxygen atoms in total. The standard InChI is InChI=1S/C13H11N5O2/c14-9-20-17-13(19)18(11-4-2-1-3-5-11)12-6-10(15)7-16-8-12/h1-8H,15H2,(H,17,19). The molecule has 0 saturated heterocycles. The van der Waals surface area contributed by atoms with Crippen molar-refractivity contribution >= 4 is 23.1 Å². The maximum Gasteiger partial charge on any atom is 0.360 e. The van der Waals surface area contributed by atoms with E-state index >= 15 is 0 Å². The maximum absolute atomic E-state index is 12.1. The molecule has 100 valence electrons. The van der Waals surface area contributed by atoms with E-state index in [0.717, 1.165) is 0 Å². The molecule has 1 aromatic carbocycles. The highest BCUT2D eigenvalue weighted by molar-refractivity contribution is 5.99. The first kappa shape index (κ1) is 13.2.